The molecule has 0 aliphatic carbocycles. The van der Waals surface area contributed by atoms with Gasteiger partial charge in [-0.3, -0.25) is 4.79 Å². The van der Waals surface area contributed by atoms with Crippen LogP contribution in [-0.2, 0) is 4.79 Å². The number of amides is 1. The van der Waals surface area contributed by atoms with E-state index in [1.807, 2.05) is 6.07 Å². The lowest BCUT2D eigenvalue weighted by Gasteiger charge is -2.36. The van der Waals surface area contributed by atoms with Crippen LogP contribution in [0.3, 0.4) is 0 Å². The van der Waals surface area contributed by atoms with Crippen LogP contribution < -0.4 is 4.90 Å². The van der Waals surface area contributed by atoms with E-state index in [1.165, 1.54) is 17.0 Å². The molecule has 1 atom stereocenters. The highest BCUT2D eigenvalue weighted by molar-refractivity contribution is 5.82. The van der Waals surface area contributed by atoms with Crippen LogP contribution in [-0.4, -0.2) is 35.5 Å². The smallest absolute Gasteiger partial charge is 0.256 e. The van der Waals surface area contributed by atoms with Crippen LogP contribution in [0.4, 0.5) is 18.9 Å². The molecule has 0 unspecified atom stereocenters. The third kappa shape index (κ3) is 4.51. The summed E-state index contributed by atoms with van der Waals surface area (Å²) in [5, 5.41) is 10.4. The first-order valence-corrected chi connectivity index (χ1v) is 10.2. The highest BCUT2D eigenvalue weighted by Gasteiger charge is 2.31. The number of anilines is 1. The minimum absolute atomic E-state index is 0.134. The third-order valence-corrected chi connectivity index (χ3v) is 5.93. The van der Waals surface area contributed by atoms with Crippen molar-refractivity contribution in [1.29, 1.82) is 0 Å². The molecule has 1 amide bonds. The first kappa shape index (κ1) is 21.2. The fourth-order valence-corrected chi connectivity index (χ4v) is 4.13. The Morgan fingerprint density at radius 1 is 0.968 bits per heavy atom. The summed E-state index contributed by atoms with van der Waals surface area (Å²) < 4.78 is 41.2. The second-order valence-corrected chi connectivity index (χ2v) is 7.83. The van der Waals surface area contributed by atoms with E-state index in [0.717, 1.165) is 17.7 Å². The summed E-state index contributed by atoms with van der Waals surface area (Å²) >= 11 is 0. The summed E-state index contributed by atoms with van der Waals surface area (Å²) in [6.45, 7) is 1.21. The molecule has 7 heteroatoms. The van der Waals surface area contributed by atoms with E-state index in [4.69, 9.17) is 0 Å². The average molecular weight is 428 g/mol. The van der Waals surface area contributed by atoms with Crippen LogP contribution in [0.5, 0.6) is 0 Å². The second kappa shape index (κ2) is 8.98. The summed E-state index contributed by atoms with van der Waals surface area (Å²) in [6.07, 6.45) is 3.23. The van der Waals surface area contributed by atoms with Crippen LogP contribution in [0.2, 0.25) is 0 Å². The normalized spacial score (nSPS) is 18.5. The quantitative estimate of drug-likeness (QED) is 0.730. The van der Waals surface area contributed by atoms with E-state index in [-0.39, 0.29) is 24.1 Å². The number of rotatable bonds is 4. The molecular weight excluding hydrogens is 405 g/mol. The molecule has 4 rings (SSSR count). The molecule has 2 heterocycles. The summed E-state index contributed by atoms with van der Waals surface area (Å²) in [5.74, 6) is -2.72. The van der Waals surface area contributed by atoms with Gasteiger partial charge >= 0.3 is 0 Å². The Labute approximate surface area is 178 Å². The van der Waals surface area contributed by atoms with Crippen molar-refractivity contribution in [1.82, 2.24) is 4.90 Å². The Morgan fingerprint density at radius 2 is 1.68 bits per heavy atom. The molecule has 0 spiro atoms. The fraction of sp³-hybridized carbons (Fsp3) is 0.292. The molecule has 162 valence electrons. The highest BCUT2D eigenvalue weighted by Crippen LogP contribution is 2.33. The van der Waals surface area contributed by atoms with Crippen LogP contribution >= 0.6 is 0 Å². The monoisotopic (exact) mass is 428 g/mol. The van der Waals surface area contributed by atoms with E-state index >= 15 is 0 Å². The van der Waals surface area contributed by atoms with Crippen molar-refractivity contribution in [3.8, 4) is 0 Å². The lowest BCUT2D eigenvalue weighted by atomic mass is 9.87. The van der Waals surface area contributed by atoms with Crippen molar-refractivity contribution < 1.29 is 23.1 Å². The van der Waals surface area contributed by atoms with Crippen LogP contribution in [0.1, 0.15) is 24.5 Å². The largest absolute Gasteiger partial charge is 0.378 e. The van der Waals surface area contributed by atoms with Gasteiger partial charge in [-0.05, 0) is 48.1 Å². The van der Waals surface area contributed by atoms with Gasteiger partial charge in [-0.25, -0.2) is 8.78 Å². The zero-order valence-corrected chi connectivity index (χ0v) is 16.8. The predicted molar refractivity (Wildman–Crippen MR) is 112 cm³/mol. The Hall–Kier alpha value is -3.06. The number of benzene rings is 2. The standard InChI is InChI=1S/C24H23F3N2O2/c25-20-8-7-19(14-21(20)26)29-15-18(6-9-22(29)27)16-10-12-28(13-11-16)24(31)23(30)17-4-2-1-3-5-17/h1-9,14,16,23,30H,10-13,15H2/t23-/m1/s1. The molecule has 2 aromatic rings. The molecule has 1 fully saturated rings. The predicted octanol–water partition coefficient (Wildman–Crippen LogP) is 4.49. The number of halogens is 3. The van der Waals surface area contributed by atoms with Gasteiger partial charge in [0.05, 0.1) is 0 Å². The van der Waals surface area contributed by atoms with Gasteiger partial charge in [-0.15, -0.1) is 0 Å². The van der Waals surface area contributed by atoms with Crippen molar-refractivity contribution in [2.24, 2.45) is 5.92 Å². The SMILES string of the molecule is O=C([C@H](O)c1ccccc1)N1CCC(C2=CC=C(F)N(c3ccc(F)c(F)c3)C2)CC1. The Balaban J connectivity index is 1.39. The summed E-state index contributed by atoms with van der Waals surface area (Å²) in [4.78, 5) is 15.6. The summed E-state index contributed by atoms with van der Waals surface area (Å²) in [5.41, 5.74) is 1.78. The lowest BCUT2D eigenvalue weighted by Crippen LogP contribution is -2.42. The van der Waals surface area contributed by atoms with E-state index in [1.54, 1.807) is 35.2 Å². The zero-order valence-electron chi connectivity index (χ0n) is 16.8. The van der Waals surface area contributed by atoms with Gasteiger partial charge in [0.25, 0.3) is 5.91 Å². The lowest BCUT2D eigenvalue weighted by molar-refractivity contribution is -0.141. The molecule has 31 heavy (non-hydrogen) atoms. The number of carbonyl (C=O) groups excluding carboxylic acids is 1. The Kier molecular flexibility index (Phi) is 6.13. The minimum atomic E-state index is -1.19. The average Bonchev–Trinajstić information content (AvgIpc) is 2.81. The summed E-state index contributed by atoms with van der Waals surface area (Å²) in [6, 6.07) is 12.1. The topological polar surface area (TPSA) is 43.8 Å². The third-order valence-electron chi connectivity index (χ3n) is 5.93. The molecule has 4 nitrogen and oxygen atoms in total. The maximum Gasteiger partial charge on any atom is 0.256 e. The number of hydrogen-bond acceptors (Lipinski definition) is 3. The molecule has 2 aliphatic heterocycles. The van der Waals surface area contributed by atoms with Crippen molar-refractivity contribution in [2.45, 2.75) is 18.9 Å². The van der Waals surface area contributed by atoms with Gasteiger partial charge in [0.1, 0.15) is 0 Å². The maximum absolute atomic E-state index is 14.4. The molecule has 0 radical (unpaired) electrons. The number of allylic oxidation sites excluding steroid dienone is 2. The number of piperidine rings is 1. The van der Waals surface area contributed by atoms with E-state index in [2.05, 4.69) is 0 Å². The van der Waals surface area contributed by atoms with E-state index in [9.17, 15) is 23.1 Å². The number of likely N-dealkylation sites (tertiary alicyclic amines) is 1. The number of carbonyl (C=O) groups is 1. The molecule has 2 aliphatic rings. The van der Waals surface area contributed by atoms with Gasteiger partial charge in [0.2, 0.25) is 0 Å². The van der Waals surface area contributed by atoms with E-state index < -0.39 is 23.7 Å². The number of hydrogen-bond donors (Lipinski definition) is 1. The molecule has 0 bridgehead atoms. The molecule has 1 saturated heterocycles. The molecule has 1 N–H and O–H groups in total. The van der Waals surface area contributed by atoms with Gasteiger partial charge in [-0.2, -0.15) is 4.39 Å². The number of aliphatic hydroxyl groups excluding tert-OH is 1. The van der Waals surface area contributed by atoms with Crippen LogP contribution in [0.15, 0.2) is 72.2 Å². The van der Waals surface area contributed by atoms with Crippen molar-refractivity contribution in [3.63, 3.8) is 0 Å². The van der Waals surface area contributed by atoms with Gasteiger partial charge in [0, 0.05) is 31.4 Å². The van der Waals surface area contributed by atoms with Crippen molar-refractivity contribution >= 4 is 11.6 Å². The first-order valence-electron chi connectivity index (χ1n) is 10.2. The van der Waals surface area contributed by atoms with Gasteiger partial charge < -0.3 is 14.9 Å². The molecule has 2 aromatic carbocycles. The van der Waals surface area contributed by atoms with Gasteiger partial charge in [-0.1, -0.05) is 36.4 Å². The Morgan fingerprint density at radius 3 is 2.35 bits per heavy atom. The second-order valence-electron chi connectivity index (χ2n) is 7.83. The summed E-state index contributed by atoms with van der Waals surface area (Å²) in [7, 11) is 0. The maximum atomic E-state index is 14.4. The molecule has 0 saturated carbocycles. The Bertz CT molecular complexity index is 1010. The van der Waals surface area contributed by atoms with Crippen molar-refractivity contribution in [3.05, 3.63) is 89.4 Å². The van der Waals surface area contributed by atoms with E-state index in [0.29, 0.717) is 31.5 Å². The minimum Gasteiger partial charge on any atom is -0.378 e. The van der Waals surface area contributed by atoms with Crippen LogP contribution in [0, 0.1) is 17.6 Å². The molecular formula is C24H23F3N2O2. The fourth-order valence-electron chi connectivity index (χ4n) is 4.13. The first-order chi connectivity index (χ1) is 14.9. The van der Waals surface area contributed by atoms with Crippen LogP contribution in [0.25, 0.3) is 0 Å². The number of aliphatic hydroxyl groups is 1. The zero-order chi connectivity index (χ0) is 22.0. The van der Waals surface area contributed by atoms with Gasteiger partial charge in [0.15, 0.2) is 23.7 Å². The molecule has 0 aromatic heterocycles. The highest BCUT2D eigenvalue weighted by atomic mass is 19.2. The van der Waals surface area contributed by atoms with Crippen molar-refractivity contribution in [2.75, 3.05) is 24.5 Å². The number of nitrogens with zero attached hydrogens (tertiary/aromatic N) is 2.